The second kappa shape index (κ2) is 12.5. The van der Waals surface area contributed by atoms with Gasteiger partial charge >= 0.3 is 0 Å². The Bertz CT molecular complexity index is 1920. The second-order valence-corrected chi connectivity index (χ2v) is 14.6. The van der Waals surface area contributed by atoms with Crippen molar-refractivity contribution in [2.75, 3.05) is 19.6 Å². The van der Waals surface area contributed by atoms with Crippen molar-refractivity contribution in [3.8, 4) is 5.69 Å². The number of hydrazone groups is 1. The molecule has 1 saturated heterocycles. The molecule has 1 amide bonds. The van der Waals surface area contributed by atoms with Crippen molar-refractivity contribution in [1.82, 2.24) is 18.6 Å². The predicted molar refractivity (Wildman–Crippen MR) is 170 cm³/mol. The Labute approximate surface area is 258 Å². The maximum atomic E-state index is 13.6. The van der Waals surface area contributed by atoms with E-state index in [1.54, 1.807) is 36.4 Å². The molecule has 4 aromatic rings. The smallest absolute Gasteiger partial charge is 0.259 e. The summed E-state index contributed by atoms with van der Waals surface area (Å²) in [6, 6.07) is 22.5. The highest BCUT2D eigenvalue weighted by molar-refractivity contribution is 7.89. The number of nitrogens with zero attached hydrogens (tertiary/aromatic N) is 4. The van der Waals surface area contributed by atoms with Crippen LogP contribution in [0.4, 0.5) is 0 Å². The van der Waals surface area contributed by atoms with Crippen LogP contribution in [0, 0.1) is 27.7 Å². The molecule has 44 heavy (non-hydrogen) atoms. The van der Waals surface area contributed by atoms with E-state index >= 15 is 0 Å². The molecule has 0 spiro atoms. The van der Waals surface area contributed by atoms with Crippen LogP contribution < -0.4 is 5.43 Å². The molecule has 1 atom stereocenters. The van der Waals surface area contributed by atoms with Crippen LogP contribution in [0.2, 0.25) is 0 Å². The molecule has 0 aliphatic carbocycles. The van der Waals surface area contributed by atoms with Crippen LogP contribution in [0.3, 0.4) is 0 Å². The molecule has 230 valence electrons. The monoisotopic (exact) mass is 633 g/mol. The number of aryl methyl sites for hydroxylation is 3. The molecule has 1 aliphatic rings. The summed E-state index contributed by atoms with van der Waals surface area (Å²) in [6.07, 6.45) is 1.51. The number of nitrogens with one attached hydrogen (secondary N) is 1. The van der Waals surface area contributed by atoms with E-state index in [1.807, 2.05) is 26.8 Å². The SMILES string of the molecule is Cc1ccc(-n2c(C)cc(/C=N/NC(=O)C3CN(S(=O)(=O)c4ccccc4)CCN3S(=O)(=O)c3ccccc3)c2C)c(C)c1. The van der Waals surface area contributed by atoms with E-state index in [0.717, 1.165) is 36.8 Å². The number of piperazine rings is 1. The summed E-state index contributed by atoms with van der Waals surface area (Å²) in [5.74, 6) is -0.739. The summed E-state index contributed by atoms with van der Waals surface area (Å²) < 4.78 is 58.4. The van der Waals surface area contributed by atoms with Gasteiger partial charge in [-0.2, -0.15) is 13.7 Å². The minimum atomic E-state index is -4.12. The molecule has 5 rings (SSSR count). The Morgan fingerprint density at radius 3 is 2.05 bits per heavy atom. The number of hydrogen-bond acceptors (Lipinski definition) is 6. The first-order chi connectivity index (χ1) is 20.9. The molecule has 1 aromatic heterocycles. The van der Waals surface area contributed by atoms with Gasteiger partial charge in [0.15, 0.2) is 0 Å². The number of rotatable bonds is 8. The minimum Gasteiger partial charge on any atom is -0.318 e. The van der Waals surface area contributed by atoms with Crippen molar-refractivity contribution in [3.05, 3.63) is 113 Å². The van der Waals surface area contributed by atoms with Crippen molar-refractivity contribution in [3.63, 3.8) is 0 Å². The molecule has 12 heteroatoms. The van der Waals surface area contributed by atoms with Crippen molar-refractivity contribution in [2.24, 2.45) is 5.10 Å². The number of aromatic nitrogens is 1. The van der Waals surface area contributed by atoms with E-state index in [0.29, 0.717) is 0 Å². The van der Waals surface area contributed by atoms with Crippen LogP contribution in [0.5, 0.6) is 0 Å². The van der Waals surface area contributed by atoms with Gasteiger partial charge in [0.05, 0.1) is 16.0 Å². The first-order valence-corrected chi connectivity index (χ1v) is 17.0. The molecule has 1 unspecified atom stereocenters. The van der Waals surface area contributed by atoms with Gasteiger partial charge in [-0.15, -0.1) is 0 Å². The fourth-order valence-corrected chi connectivity index (χ4v) is 8.57. The summed E-state index contributed by atoms with van der Waals surface area (Å²) in [5, 5.41) is 4.17. The van der Waals surface area contributed by atoms with Crippen LogP contribution in [0.15, 0.2) is 99.8 Å². The van der Waals surface area contributed by atoms with Crippen LogP contribution in [0.1, 0.15) is 28.1 Å². The number of carbonyl (C=O) groups is 1. The first-order valence-electron chi connectivity index (χ1n) is 14.1. The van der Waals surface area contributed by atoms with Crippen molar-refractivity contribution in [2.45, 2.75) is 43.5 Å². The summed E-state index contributed by atoms with van der Waals surface area (Å²) >= 11 is 0. The molecule has 1 fully saturated rings. The Balaban J connectivity index is 1.42. The fourth-order valence-electron chi connectivity index (χ4n) is 5.52. The number of hydrogen-bond donors (Lipinski definition) is 1. The highest BCUT2D eigenvalue weighted by Crippen LogP contribution is 2.26. The summed E-state index contributed by atoms with van der Waals surface area (Å²) in [5.41, 5.74) is 8.47. The van der Waals surface area contributed by atoms with Gasteiger partial charge in [-0.25, -0.2) is 22.3 Å². The van der Waals surface area contributed by atoms with Gasteiger partial charge < -0.3 is 4.57 Å². The normalized spacial score (nSPS) is 16.8. The number of amides is 1. The Kier molecular flexibility index (Phi) is 8.89. The van der Waals surface area contributed by atoms with Gasteiger partial charge in [0, 0.05) is 42.3 Å². The van der Waals surface area contributed by atoms with E-state index in [1.165, 1.54) is 36.0 Å². The van der Waals surface area contributed by atoms with Crippen LogP contribution >= 0.6 is 0 Å². The van der Waals surface area contributed by atoms with Crippen LogP contribution in [-0.4, -0.2) is 67.8 Å². The Morgan fingerprint density at radius 1 is 0.818 bits per heavy atom. The van der Waals surface area contributed by atoms with E-state index < -0.39 is 32.0 Å². The van der Waals surface area contributed by atoms with E-state index in [-0.39, 0.29) is 29.4 Å². The number of sulfonamides is 2. The average Bonchev–Trinajstić information content (AvgIpc) is 3.29. The zero-order valence-corrected chi connectivity index (χ0v) is 26.6. The van der Waals surface area contributed by atoms with Gasteiger partial charge in [0.2, 0.25) is 20.0 Å². The lowest BCUT2D eigenvalue weighted by atomic mass is 10.1. The molecule has 3 aromatic carbocycles. The zero-order valence-electron chi connectivity index (χ0n) is 25.0. The lowest BCUT2D eigenvalue weighted by molar-refractivity contribution is -0.125. The topological polar surface area (TPSA) is 121 Å². The highest BCUT2D eigenvalue weighted by atomic mass is 32.2. The first kappa shape index (κ1) is 31.3. The fraction of sp³-hybridized carbons (Fsp3) is 0.250. The maximum Gasteiger partial charge on any atom is 0.259 e. The van der Waals surface area contributed by atoms with Gasteiger partial charge in [-0.05, 0) is 69.7 Å². The molecule has 1 aliphatic heterocycles. The molecule has 0 radical (unpaired) electrons. The Morgan fingerprint density at radius 2 is 1.43 bits per heavy atom. The minimum absolute atomic E-state index is 0.0134. The molecule has 2 heterocycles. The van der Waals surface area contributed by atoms with Crippen molar-refractivity contribution >= 4 is 32.2 Å². The van der Waals surface area contributed by atoms with Crippen LogP contribution in [0.25, 0.3) is 5.69 Å². The van der Waals surface area contributed by atoms with Crippen LogP contribution in [-0.2, 0) is 24.8 Å². The van der Waals surface area contributed by atoms with Crippen molar-refractivity contribution in [1.29, 1.82) is 0 Å². The third-order valence-electron chi connectivity index (χ3n) is 7.77. The quantitative estimate of drug-likeness (QED) is 0.233. The zero-order chi connectivity index (χ0) is 31.6. The molecular formula is C32H35N5O5S2. The molecule has 0 bridgehead atoms. The van der Waals surface area contributed by atoms with Crippen molar-refractivity contribution < 1.29 is 21.6 Å². The van der Waals surface area contributed by atoms with Gasteiger partial charge in [0.25, 0.3) is 5.91 Å². The molecule has 1 N–H and O–H groups in total. The van der Waals surface area contributed by atoms with Gasteiger partial charge in [0.1, 0.15) is 6.04 Å². The molecule has 10 nitrogen and oxygen atoms in total. The lowest BCUT2D eigenvalue weighted by Gasteiger charge is -2.38. The summed E-state index contributed by atoms with van der Waals surface area (Å²) in [4.78, 5) is 13.7. The third-order valence-corrected chi connectivity index (χ3v) is 11.6. The lowest BCUT2D eigenvalue weighted by Crippen LogP contribution is -2.60. The average molecular weight is 634 g/mol. The molecular weight excluding hydrogens is 599 g/mol. The number of carbonyl (C=O) groups excluding carboxylic acids is 1. The second-order valence-electron chi connectivity index (χ2n) is 10.8. The number of benzene rings is 3. The van der Waals surface area contributed by atoms with Gasteiger partial charge in [-0.1, -0.05) is 54.1 Å². The standard InChI is InChI=1S/C32H35N5O5S2/c1-23-15-16-30(24(2)19-23)37-25(3)20-27(26(37)4)21-33-34-32(38)31-22-35(43(39,40)28-11-7-5-8-12-28)17-18-36(31)44(41,42)29-13-9-6-10-14-29/h5-16,19-21,31H,17-18,22H2,1-4H3,(H,34,38)/b33-21+. The van der Waals surface area contributed by atoms with E-state index in [4.69, 9.17) is 0 Å². The Hall–Kier alpha value is -4.10. The van der Waals surface area contributed by atoms with E-state index in [2.05, 4.69) is 40.2 Å². The maximum absolute atomic E-state index is 13.6. The highest BCUT2D eigenvalue weighted by Gasteiger charge is 2.43. The van der Waals surface area contributed by atoms with E-state index in [9.17, 15) is 21.6 Å². The third kappa shape index (κ3) is 6.11. The van der Waals surface area contributed by atoms with Gasteiger partial charge in [-0.3, -0.25) is 4.79 Å². The predicted octanol–water partition coefficient (Wildman–Crippen LogP) is 3.93. The summed E-state index contributed by atoms with van der Waals surface area (Å²) in [7, 11) is -8.09. The summed E-state index contributed by atoms with van der Waals surface area (Å²) in [6.45, 7) is 7.35. The molecule has 0 saturated carbocycles. The largest absolute Gasteiger partial charge is 0.318 e.